The highest BCUT2D eigenvalue weighted by molar-refractivity contribution is 6.32. The number of amides is 1. The van der Waals surface area contributed by atoms with E-state index in [0.29, 0.717) is 48.8 Å². The van der Waals surface area contributed by atoms with Crippen LogP contribution in [-0.4, -0.2) is 48.6 Å². The third-order valence-corrected chi connectivity index (χ3v) is 8.37. The molecular formula is C32H27ClF6N2O5. The van der Waals surface area contributed by atoms with Crippen LogP contribution in [0.5, 0.6) is 11.5 Å². The van der Waals surface area contributed by atoms with E-state index in [1.807, 2.05) is 4.90 Å². The van der Waals surface area contributed by atoms with Gasteiger partial charge in [-0.25, -0.2) is 13.6 Å². The minimum absolute atomic E-state index is 0.0240. The molecule has 1 aliphatic heterocycles. The lowest BCUT2D eigenvalue weighted by molar-refractivity contribution is -0.141. The van der Waals surface area contributed by atoms with Crippen molar-refractivity contribution >= 4 is 29.1 Å². The molecular weight excluding hydrogens is 642 g/mol. The number of rotatable bonds is 11. The molecule has 5 rings (SSSR count). The number of benzene rings is 3. The first-order valence-corrected chi connectivity index (χ1v) is 14.5. The molecule has 2 N–H and O–H groups in total. The number of primary amides is 1. The van der Waals surface area contributed by atoms with Gasteiger partial charge < -0.3 is 19.9 Å². The molecule has 244 valence electrons. The Hall–Kier alpha value is -4.23. The van der Waals surface area contributed by atoms with Crippen molar-refractivity contribution in [2.24, 2.45) is 5.73 Å². The van der Waals surface area contributed by atoms with Crippen LogP contribution in [0.25, 0.3) is 5.57 Å². The number of hydrogen-bond donors (Lipinski definition) is 1. The Kier molecular flexibility index (Phi) is 9.54. The predicted octanol–water partition coefficient (Wildman–Crippen LogP) is 6.45. The van der Waals surface area contributed by atoms with E-state index in [1.165, 1.54) is 12.1 Å². The Morgan fingerprint density at radius 3 is 2.26 bits per heavy atom. The van der Waals surface area contributed by atoms with E-state index < -0.39 is 64.0 Å². The van der Waals surface area contributed by atoms with Gasteiger partial charge in [-0.3, -0.25) is 9.69 Å². The summed E-state index contributed by atoms with van der Waals surface area (Å²) in [5.74, 6) is -5.54. The molecule has 3 aromatic carbocycles. The highest BCUT2D eigenvalue weighted by Gasteiger charge is 2.54. The number of alkyl halides is 3. The van der Waals surface area contributed by atoms with Gasteiger partial charge in [0.2, 0.25) is 11.7 Å². The average Bonchev–Trinajstić information content (AvgIpc) is 3.84. The second kappa shape index (κ2) is 13.2. The molecule has 3 aromatic rings. The summed E-state index contributed by atoms with van der Waals surface area (Å²) in [6.45, 7) is -0.490. The fraction of sp³-hybridized carbons (Fsp3) is 0.312. The summed E-state index contributed by atoms with van der Waals surface area (Å²) >= 11 is 5.97. The van der Waals surface area contributed by atoms with Crippen molar-refractivity contribution in [3.05, 3.63) is 99.3 Å². The summed E-state index contributed by atoms with van der Waals surface area (Å²) in [6, 6.07) is 11.2. The predicted molar refractivity (Wildman–Crippen MR) is 154 cm³/mol. The number of nitrogens with zero attached hydrogens (tertiary/aromatic N) is 1. The first kappa shape index (κ1) is 33.1. The van der Waals surface area contributed by atoms with Crippen LogP contribution < -0.4 is 15.2 Å². The van der Waals surface area contributed by atoms with Crippen LogP contribution in [0.2, 0.25) is 5.02 Å². The van der Waals surface area contributed by atoms with Crippen LogP contribution in [0.3, 0.4) is 0 Å². The van der Waals surface area contributed by atoms with Crippen molar-refractivity contribution in [2.45, 2.75) is 37.6 Å². The standard InChI is InChI=1S/C32H27ClF6N2O5/c33-26-19(2-1-3-23(26)32(37,38)39)17-46-29(42)22-16-41(31(11-12-31)30(40)43)13-10-21(22)18-4-6-20(7-5-18)44-14-15-45-28-25(35)9-8-24(34)27(28)36/h1-9H,10-17H2,(H2,40,43). The zero-order chi connectivity index (χ0) is 33.2. The molecule has 0 atom stereocenters. The molecule has 0 unspecified atom stereocenters. The van der Waals surface area contributed by atoms with Gasteiger partial charge in [-0.1, -0.05) is 35.9 Å². The van der Waals surface area contributed by atoms with Crippen molar-refractivity contribution in [3.63, 3.8) is 0 Å². The molecule has 7 nitrogen and oxygen atoms in total. The Morgan fingerprint density at radius 1 is 0.935 bits per heavy atom. The smallest absolute Gasteiger partial charge is 0.417 e. The van der Waals surface area contributed by atoms with Crippen molar-refractivity contribution in [1.82, 2.24) is 4.90 Å². The van der Waals surface area contributed by atoms with Crippen LogP contribution >= 0.6 is 11.6 Å². The van der Waals surface area contributed by atoms with Gasteiger partial charge in [-0.2, -0.15) is 17.6 Å². The van der Waals surface area contributed by atoms with Crippen LogP contribution in [-0.2, 0) is 27.1 Å². The molecule has 0 aromatic heterocycles. The first-order valence-electron chi connectivity index (χ1n) is 14.1. The maximum atomic E-state index is 13.8. The number of carbonyl (C=O) groups is 2. The van der Waals surface area contributed by atoms with Crippen LogP contribution in [0.15, 0.2) is 60.2 Å². The van der Waals surface area contributed by atoms with Gasteiger partial charge in [-0.15, -0.1) is 0 Å². The molecule has 0 spiro atoms. The number of ether oxygens (including phenoxy) is 3. The topological polar surface area (TPSA) is 91.1 Å². The summed E-state index contributed by atoms with van der Waals surface area (Å²) in [5.41, 5.74) is 5.14. The maximum absolute atomic E-state index is 13.8. The molecule has 0 bridgehead atoms. The third-order valence-electron chi connectivity index (χ3n) is 7.93. The number of carbonyl (C=O) groups excluding carboxylic acids is 2. The van der Waals surface area contributed by atoms with Gasteiger partial charge in [0.25, 0.3) is 0 Å². The quantitative estimate of drug-likeness (QED) is 0.109. The SMILES string of the molecule is NC(=O)C1(N2CCC(c3ccc(OCCOc4c(F)ccc(F)c4F)cc3)=C(C(=O)OCc3cccc(C(F)(F)F)c3Cl)C2)CC1. The van der Waals surface area contributed by atoms with Gasteiger partial charge >= 0.3 is 12.1 Å². The maximum Gasteiger partial charge on any atom is 0.417 e. The number of halogens is 7. The van der Waals surface area contributed by atoms with Crippen molar-refractivity contribution in [3.8, 4) is 11.5 Å². The van der Waals surface area contributed by atoms with Gasteiger partial charge in [0.15, 0.2) is 17.4 Å². The lowest BCUT2D eigenvalue weighted by Crippen LogP contribution is -2.50. The van der Waals surface area contributed by atoms with Crippen molar-refractivity contribution in [1.29, 1.82) is 0 Å². The van der Waals surface area contributed by atoms with Gasteiger partial charge in [-0.05, 0) is 60.7 Å². The normalized spacial score (nSPS) is 16.2. The second-order valence-electron chi connectivity index (χ2n) is 10.8. The van der Waals surface area contributed by atoms with E-state index >= 15 is 0 Å². The lowest BCUT2D eigenvalue weighted by atomic mass is 9.92. The molecule has 46 heavy (non-hydrogen) atoms. The highest BCUT2D eigenvalue weighted by Crippen LogP contribution is 2.45. The summed E-state index contributed by atoms with van der Waals surface area (Å²) in [5, 5.41) is -0.569. The molecule has 1 amide bonds. The van der Waals surface area contributed by atoms with Crippen LogP contribution in [0, 0.1) is 17.5 Å². The van der Waals surface area contributed by atoms with E-state index in [4.69, 9.17) is 31.5 Å². The third kappa shape index (κ3) is 6.95. The largest absolute Gasteiger partial charge is 0.490 e. The zero-order valence-corrected chi connectivity index (χ0v) is 24.8. The number of hydrogen-bond acceptors (Lipinski definition) is 6. The summed E-state index contributed by atoms with van der Waals surface area (Å²) in [4.78, 5) is 27.5. The molecule has 1 heterocycles. The van der Waals surface area contributed by atoms with E-state index in [-0.39, 0.29) is 30.9 Å². The average molecular weight is 669 g/mol. The van der Waals surface area contributed by atoms with E-state index in [9.17, 15) is 35.9 Å². The Bertz CT molecular complexity index is 1670. The molecule has 2 aliphatic rings. The minimum Gasteiger partial charge on any atom is -0.490 e. The van der Waals surface area contributed by atoms with Crippen LogP contribution in [0.1, 0.15) is 36.0 Å². The molecule has 1 aliphatic carbocycles. The van der Waals surface area contributed by atoms with E-state index in [2.05, 4.69) is 0 Å². The first-order chi connectivity index (χ1) is 21.8. The van der Waals surface area contributed by atoms with Crippen LogP contribution in [0.4, 0.5) is 26.3 Å². The van der Waals surface area contributed by atoms with Crippen molar-refractivity contribution in [2.75, 3.05) is 26.3 Å². The molecule has 1 fully saturated rings. The monoisotopic (exact) mass is 668 g/mol. The van der Waals surface area contributed by atoms with Gasteiger partial charge in [0, 0.05) is 18.7 Å². The summed E-state index contributed by atoms with van der Waals surface area (Å²) < 4.78 is 96.8. The van der Waals surface area contributed by atoms with E-state index in [1.54, 1.807) is 24.3 Å². The molecule has 0 saturated heterocycles. The Labute approximate surface area is 264 Å². The second-order valence-corrected chi connectivity index (χ2v) is 11.1. The van der Waals surface area contributed by atoms with Gasteiger partial charge in [0.05, 0.1) is 16.2 Å². The number of esters is 1. The molecule has 1 saturated carbocycles. The fourth-order valence-electron chi connectivity index (χ4n) is 5.31. The number of nitrogens with two attached hydrogens (primary N) is 1. The summed E-state index contributed by atoms with van der Waals surface area (Å²) in [6.07, 6.45) is -3.28. The molecule has 14 heteroatoms. The summed E-state index contributed by atoms with van der Waals surface area (Å²) in [7, 11) is 0. The highest BCUT2D eigenvalue weighted by atomic mass is 35.5. The Morgan fingerprint density at radius 2 is 1.61 bits per heavy atom. The van der Waals surface area contributed by atoms with Gasteiger partial charge in [0.1, 0.15) is 31.1 Å². The molecule has 0 radical (unpaired) electrons. The van der Waals surface area contributed by atoms with E-state index in [0.717, 1.165) is 12.1 Å². The Balaban J connectivity index is 1.31. The fourth-order valence-corrected chi connectivity index (χ4v) is 5.60. The zero-order valence-electron chi connectivity index (χ0n) is 24.1. The minimum atomic E-state index is -4.69. The van der Waals surface area contributed by atoms with Crippen molar-refractivity contribution < 1.29 is 50.1 Å². The lowest BCUT2D eigenvalue weighted by Gasteiger charge is -2.35.